The second-order valence-electron chi connectivity index (χ2n) is 7.37. The lowest BCUT2D eigenvalue weighted by molar-refractivity contribution is -0.113. The molecule has 2 aromatic rings. The van der Waals surface area contributed by atoms with Crippen molar-refractivity contribution in [1.82, 2.24) is 0 Å². The Morgan fingerprint density at radius 3 is 2.36 bits per heavy atom. The van der Waals surface area contributed by atoms with E-state index in [1.54, 1.807) is 6.08 Å². The van der Waals surface area contributed by atoms with Gasteiger partial charge in [-0.1, -0.05) is 51.1 Å². The molecular weight excluding hydrogens is 372 g/mol. The van der Waals surface area contributed by atoms with Crippen LogP contribution in [0, 0.1) is 0 Å². The van der Waals surface area contributed by atoms with Crippen molar-refractivity contribution in [1.29, 1.82) is 0 Å². The van der Waals surface area contributed by atoms with Gasteiger partial charge in [-0.15, -0.1) is 0 Å². The highest BCUT2D eigenvalue weighted by atomic mass is 32.2. The van der Waals surface area contributed by atoms with Crippen LogP contribution in [0.2, 0.25) is 0 Å². The number of nitrogens with zero attached hydrogens (tertiary/aromatic N) is 1. The fourth-order valence-corrected chi connectivity index (χ4v) is 3.33. The number of carbonyl (C=O) groups is 1. The summed E-state index contributed by atoms with van der Waals surface area (Å²) in [5, 5.41) is 0.264. The van der Waals surface area contributed by atoms with Crippen LogP contribution in [0.25, 0.3) is 6.08 Å². The van der Waals surface area contributed by atoms with Crippen molar-refractivity contribution < 1.29 is 14.3 Å². The highest BCUT2D eigenvalue weighted by Gasteiger charge is 2.20. The number of thioether (sulfide) groups is 1. The minimum Gasteiger partial charge on any atom is -0.490 e. The fourth-order valence-electron chi connectivity index (χ4n) is 2.66. The van der Waals surface area contributed by atoms with Gasteiger partial charge in [0.1, 0.15) is 24.7 Å². The van der Waals surface area contributed by atoms with Gasteiger partial charge >= 0.3 is 0 Å². The Bertz CT molecular complexity index is 912. The van der Waals surface area contributed by atoms with Crippen LogP contribution in [0.15, 0.2) is 58.4 Å². The van der Waals surface area contributed by atoms with Crippen molar-refractivity contribution in [2.45, 2.75) is 26.2 Å². The monoisotopic (exact) mass is 396 g/mol. The first-order valence-electron chi connectivity index (χ1n) is 9.06. The van der Waals surface area contributed by atoms with E-state index in [2.05, 4.69) is 37.9 Å². The zero-order valence-electron chi connectivity index (χ0n) is 16.3. The Kier molecular flexibility index (Phi) is 6.09. The van der Waals surface area contributed by atoms with Crippen molar-refractivity contribution in [2.24, 2.45) is 10.7 Å². The van der Waals surface area contributed by atoms with Gasteiger partial charge in [0, 0.05) is 5.56 Å². The van der Waals surface area contributed by atoms with E-state index in [-0.39, 0.29) is 16.5 Å². The van der Waals surface area contributed by atoms with Crippen molar-refractivity contribution in [3.05, 3.63) is 64.6 Å². The molecule has 0 radical (unpaired) electrons. The average Bonchev–Trinajstić information content (AvgIpc) is 2.96. The summed E-state index contributed by atoms with van der Waals surface area (Å²) in [7, 11) is 0. The Morgan fingerprint density at radius 2 is 1.71 bits per heavy atom. The molecule has 6 heteroatoms. The maximum Gasteiger partial charge on any atom is 0.286 e. The van der Waals surface area contributed by atoms with Crippen LogP contribution in [0.1, 0.15) is 31.9 Å². The molecule has 5 nitrogen and oxygen atoms in total. The minimum absolute atomic E-state index is 0.120. The Balaban J connectivity index is 1.56. The summed E-state index contributed by atoms with van der Waals surface area (Å²) in [4.78, 5) is 16.0. The molecule has 28 heavy (non-hydrogen) atoms. The topological polar surface area (TPSA) is 73.9 Å². The van der Waals surface area contributed by atoms with Crippen LogP contribution in [0.4, 0.5) is 0 Å². The van der Waals surface area contributed by atoms with Gasteiger partial charge in [0.2, 0.25) is 0 Å². The number of ether oxygens (including phenoxy) is 2. The highest BCUT2D eigenvalue weighted by molar-refractivity contribution is 8.18. The number of hydrogen-bond acceptors (Lipinski definition) is 5. The molecule has 0 saturated heterocycles. The first kappa shape index (κ1) is 20.0. The molecule has 0 aromatic heterocycles. The molecule has 1 aliphatic rings. The summed E-state index contributed by atoms with van der Waals surface area (Å²) in [6.45, 7) is 7.36. The predicted molar refractivity (Wildman–Crippen MR) is 115 cm³/mol. The second-order valence-corrected chi connectivity index (χ2v) is 8.44. The number of para-hydroxylation sites is 1. The lowest BCUT2D eigenvalue weighted by Crippen LogP contribution is -2.12. The number of hydrogen-bond donors (Lipinski definition) is 1. The van der Waals surface area contributed by atoms with E-state index in [1.165, 1.54) is 5.56 Å². The van der Waals surface area contributed by atoms with Gasteiger partial charge in [0.15, 0.2) is 5.17 Å². The van der Waals surface area contributed by atoms with Crippen molar-refractivity contribution in [3.63, 3.8) is 0 Å². The molecule has 0 bridgehead atoms. The van der Waals surface area contributed by atoms with Crippen LogP contribution < -0.4 is 15.2 Å². The van der Waals surface area contributed by atoms with Gasteiger partial charge < -0.3 is 15.2 Å². The standard InChI is InChI=1S/C22H24N2O3S/c1-22(2,3)16-8-10-17(11-9-16)26-12-13-27-18-7-5-4-6-15(18)14-19-20(25)24-21(23)28-19/h4-11,14H,12-13H2,1-3H3,(H2,23,24,25)/b19-14+. The molecule has 2 N–H and O–H groups in total. The molecule has 0 atom stereocenters. The van der Waals surface area contributed by atoms with E-state index in [9.17, 15) is 4.79 Å². The zero-order valence-corrected chi connectivity index (χ0v) is 17.1. The van der Waals surface area contributed by atoms with Crippen molar-refractivity contribution in [3.8, 4) is 11.5 Å². The summed E-state index contributed by atoms with van der Waals surface area (Å²) < 4.78 is 11.6. The Hall–Kier alpha value is -2.73. The molecule has 2 aromatic carbocycles. The van der Waals surface area contributed by atoms with Crippen molar-refractivity contribution >= 4 is 28.9 Å². The molecule has 0 spiro atoms. The highest BCUT2D eigenvalue weighted by Crippen LogP contribution is 2.29. The number of rotatable bonds is 6. The summed E-state index contributed by atoms with van der Waals surface area (Å²) >= 11 is 1.16. The Morgan fingerprint density at radius 1 is 1.04 bits per heavy atom. The van der Waals surface area contributed by atoms with E-state index in [1.807, 2.05) is 36.4 Å². The van der Waals surface area contributed by atoms with E-state index in [0.717, 1.165) is 23.1 Å². The Labute approximate surface area is 169 Å². The molecular formula is C22H24N2O3S. The van der Waals surface area contributed by atoms with E-state index in [0.29, 0.717) is 23.9 Å². The normalized spacial score (nSPS) is 15.6. The second kappa shape index (κ2) is 8.52. The SMILES string of the molecule is CC(C)(C)c1ccc(OCCOc2ccccc2/C=C2/SC(N)=NC2=O)cc1. The molecule has 1 amide bonds. The van der Waals surface area contributed by atoms with Crippen LogP contribution in [0.5, 0.6) is 11.5 Å². The lowest BCUT2D eigenvalue weighted by Gasteiger charge is -2.19. The number of nitrogens with two attached hydrogens (primary N) is 1. The minimum atomic E-state index is -0.320. The maximum absolute atomic E-state index is 11.8. The molecule has 3 rings (SSSR count). The van der Waals surface area contributed by atoms with Crippen molar-refractivity contribution in [2.75, 3.05) is 13.2 Å². The molecule has 0 aliphatic carbocycles. The molecule has 1 aliphatic heterocycles. The zero-order chi connectivity index (χ0) is 20.1. The lowest BCUT2D eigenvalue weighted by atomic mass is 9.87. The van der Waals surface area contributed by atoms with E-state index < -0.39 is 0 Å². The van der Waals surface area contributed by atoms with Crippen LogP contribution in [-0.4, -0.2) is 24.3 Å². The fraction of sp³-hybridized carbons (Fsp3) is 0.273. The maximum atomic E-state index is 11.8. The van der Waals surface area contributed by atoms with Gasteiger partial charge in [0.25, 0.3) is 5.91 Å². The molecule has 146 valence electrons. The average molecular weight is 397 g/mol. The molecule has 0 fully saturated rings. The van der Waals surface area contributed by atoms with Gasteiger partial charge in [-0.25, -0.2) is 0 Å². The number of amidine groups is 1. The van der Waals surface area contributed by atoms with E-state index in [4.69, 9.17) is 15.2 Å². The van der Waals surface area contributed by atoms with Crippen LogP contribution in [0.3, 0.4) is 0 Å². The number of aliphatic imine (C=N–C) groups is 1. The van der Waals surface area contributed by atoms with E-state index >= 15 is 0 Å². The third-order valence-electron chi connectivity index (χ3n) is 4.17. The number of carbonyl (C=O) groups excluding carboxylic acids is 1. The summed E-state index contributed by atoms with van der Waals surface area (Å²) in [5.41, 5.74) is 7.79. The van der Waals surface area contributed by atoms with Gasteiger partial charge in [-0.3, -0.25) is 4.79 Å². The quantitative estimate of drug-likeness (QED) is 0.580. The smallest absolute Gasteiger partial charge is 0.286 e. The first-order valence-corrected chi connectivity index (χ1v) is 9.88. The first-order chi connectivity index (χ1) is 13.3. The third-order valence-corrected chi connectivity index (χ3v) is 4.99. The number of amides is 1. The summed E-state index contributed by atoms with van der Waals surface area (Å²) in [6.07, 6.45) is 1.75. The summed E-state index contributed by atoms with van der Waals surface area (Å²) in [6, 6.07) is 15.6. The van der Waals surface area contributed by atoms with Crippen LogP contribution >= 0.6 is 11.8 Å². The van der Waals surface area contributed by atoms with Gasteiger partial charge in [-0.05, 0) is 47.0 Å². The largest absolute Gasteiger partial charge is 0.490 e. The van der Waals surface area contributed by atoms with Crippen LogP contribution in [-0.2, 0) is 10.2 Å². The molecule has 1 heterocycles. The summed E-state index contributed by atoms with van der Waals surface area (Å²) in [5.74, 6) is 1.17. The predicted octanol–water partition coefficient (Wildman–Crippen LogP) is 4.37. The molecule has 0 unspecified atom stereocenters. The number of benzene rings is 2. The van der Waals surface area contributed by atoms with Gasteiger partial charge in [-0.2, -0.15) is 4.99 Å². The molecule has 0 saturated carbocycles. The third kappa shape index (κ3) is 5.16. The van der Waals surface area contributed by atoms with Gasteiger partial charge in [0.05, 0.1) is 4.91 Å².